The summed E-state index contributed by atoms with van der Waals surface area (Å²) in [6, 6.07) is -0.333. The van der Waals surface area contributed by atoms with Crippen molar-refractivity contribution < 1.29 is 19.8 Å². The Labute approximate surface area is 115 Å². The molecular weight excluding hydrogens is 266 g/mol. The van der Waals surface area contributed by atoms with Gasteiger partial charge in [-0.05, 0) is 12.8 Å². The third-order valence-corrected chi connectivity index (χ3v) is 3.22. The summed E-state index contributed by atoms with van der Waals surface area (Å²) >= 11 is 0. The van der Waals surface area contributed by atoms with E-state index in [4.69, 9.17) is 10.2 Å². The molecule has 20 heavy (non-hydrogen) atoms. The van der Waals surface area contributed by atoms with Crippen molar-refractivity contribution >= 4 is 12.0 Å². The monoisotopic (exact) mass is 283 g/mol. The first kappa shape index (κ1) is 14.3. The first-order valence-electron chi connectivity index (χ1n) is 6.40. The van der Waals surface area contributed by atoms with Crippen LogP contribution < -0.4 is 5.32 Å². The first-order chi connectivity index (χ1) is 9.61. The van der Waals surface area contributed by atoms with Crippen molar-refractivity contribution in [1.82, 2.24) is 25.2 Å². The van der Waals surface area contributed by atoms with Crippen LogP contribution in [0.2, 0.25) is 0 Å². The van der Waals surface area contributed by atoms with Gasteiger partial charge in [0.25, 0.3) is 0 Å². The van der Waals surface area contributed by atoms with E-state index in [0.717, 1.165) is 12.8 Å². The molecule has 1 unspecified atom stereocenters. The number of rotatable bonds is 5. The molecule has 1 saturated heterocycles. The van der Waals surface area contributed by atoms with Crippen LogP contribution in [-0.2, 0) is 6.54 Å². The van der Waals surface area contributed by atoms with Crippen LogP contribution in [0.1, 0.15) is 23.3 Å². The highest BCUT2D eigenvalue weighted by Crippen LogP contribution is 2.16. The van der Waals surface area contributed by atoms with E-state index >= 15 is 0 Å². The lowest BCUT2D eigenvalue weighted by Crippen LogP contribution is -2.45. The molecule has 2 amide bonds. The molecule has 3 N–H and O–H groups in total. The minimum atomic E-state index is -1.14. The van der Waals surface area contributed by atoms with Gasteiger partial charge in [-0.15, -0.1) is 5.10 Å². The van der Waals surface area contributed by atoms with Gasteiger partial charge in [-0.1, -0.05) is 5.21 Å². The summed E-state index contributed by atoms with van der Waals surface area (Å²) in [5.74, 6) is -1.14. The zero-order valence-corrected chi connectivity index (χ0v) is 10.9. The van der Waals surface area contributed by atoms with Gasteiger partial charge in [-0.2, -0.15) is 0 Å². The Kier molecular flexibility index (Phi) is 4.51. The highest BCUT2D eigenvalue weighted by atomic mass is 16.4. The molecule has 9 heteroatoms. The molecule has 1 aliphatic heterocycles. The van der Waals surface area contributed by atoms with Gasteiger partial charge in [0.1, 0.15) is 0 Å². The molecule has 110 valence electrons. The van der Waals surface area contributed by atoms with Gasteiger partial charge in [0.05, 0.1) is 25.4 Å². The zero-order chi connectivity index (χ0) is 14.5. The SMILES string of the molecule is O=C(O)c1cn(CCNC(=O)N2CCCC2CO)nn1. The van der Waals surface area contributed by atoms with Crippen LogP contribution >= 0.6 is 0 Å². The summed E-state index contributed by atoms with van der Waals surface area (Å²) in [5, 5.41) is 27.7. The fourth-order valence-electron chi connectivity index (χ4n) is 2.18. The number of urea groups is 1. The average molecular weight is 283 g/mol. The number of carbonyl (C=O) groups is 2. The van der Waals surface area contributed by atoms with Crippen LogP contribution in [-0.4, -0.2) is 67.8 Å². The molecule has 0 spiro atoms. The van der Waals surface area contributed by atoms with Gasteiger partial charge in [0.2, 0.25) is 0 Å². The summed E-state index contributed by atoms with van der Waals surface area (Å²) in [7, 11) is 0. The predicted molar refractivity (Wildman–Crippen MR) is 67.2 cm³/mol. The van der Waals surface area contributed by atoms with E-state index in [9.17, 15) is 9.59 Å². The third kappa shape index (κ3) is 3.23. The second-order valence-electron chi connectivity index (χ2n) is 4.58. The number of carbonyl (C=O) groups excluding carboxylic acids is 1. The second-order valence-corrected chi connectivity index (χ2v) is 4.58. The van der Waals surface area contributed by atoms with E-state index in [2.05, 4.69) is 15.6 Å². The lowest BCUT2D eigenvalue weighted by atomic mass is 10.2. The number of aromatic carboxylic acids is 1. The minimum Gasteiger partial charge on any atom is -0.476 e. The molecule has 0 radical (unpaired) electrons. The standard InChI is InChI=1S/C11H17N5O4/c17-7-8-2-1-4-16(8)11(20)12-3-5-15-6-9(10(18)19)13-14-15/h6,8,17H,1-5,7H2,(H,12,20)(H,18,19). The molecule has 2 rings (SSSR count). The van der Waals surface area contributed by atoms with Crippen LogP contribution in [0.25, 0.3) is 0 Å². The quantitative estimate of drug-likeness (QED) is 0.647. The van der Waals surface area contributed by atoms with Gasteiger partial charge in [-0.3, -0.25) is 0 Å². The van der Waals surface area contributed by atoms with Crippen LogP contribution in [0.3, 0.4) is 0 Å². The van der Waals surface area contributed by atoms with E-state index < -0.39 is 5.97 Å². The number of nitrogens with one attached hydrogen (secondary N) is 1. The van der Waals surface area contributed by atoms with Gasteiger partial charge in [0, 0.05) is 13.1 Å². The van der Waals surface area contributed by atoms with Gasteiger partial charge < -0.3 is 20.4 Å². The highest BCUT2D eigenvalue weighted by molar-refractivity contribution is 5.84. The molecule has 0 bridgehead atoms. The Morgan fingerprint density at radius 3 is 2.95 bits per heavy atom. The molecule has 0 saturated carbocycles. The Bertz CT molecular complexity index is 489. The van der Waals surface area contributed by atoms with E-state index in [1.807, 2.05) is 0 Å². The van der Waals surface area contributed by atoms with Crippen molar-refractivity contribution in [1.29, 1.82) is 0 Å². The lowest BCUT2D eigenvalue weighted by molar-refractivity contribution is 0.0690. The second kappa shape index (κ2) is 6.33. The number of nitrogens with zero attached hydrogens (tertiary/aromatic N) is 4. The summed E-state index contributed by atoms with van der Waals surface area (Å²) in [6.45, 7) is 1.27. The van der Waals surface area contributed by atoms with Crippen LogP contribution in [0, 0.1) is 0 Å². The Hall–Kier alpha value is -2.16. The molecule has 1 aliphatic rings. The highest BCUT2D eigenvalue weighted by Gasteiger charge is 2.27. The Morgan fingerprint density at radius 1 is 1.50 bits per heavy atom. The molecule has 9 nitrogen and oxygen atoms in total. The van der Waals surface area contributed by atoms with Crippen molar-refractivity contribution in [3.05, 3.63) is 11.9 Å². The normalized spacial score (nSPS) is 18.2. The van der Waals surface area contributed by atoms with E-state index in [1.165, 1.54) is 10.9 Å². The van der Waals surface area contributed by atoms with Crippen molar-refractivity contribution in [2.75, 3.05) is 19.7 Å². The number of aliphatic hydroxyl groups excluding tert-OH is 1. The maximum Gasteiger partial charge on any atom is 0.358 e. The summed E-state index contributed by atoms with van der Waals surface area (Å²) in [5.41, 5.74) is -0.129. The van der Waals surface area contributed by atoms with Crippen molar-refractivity contribution in [3.8, 4) is 0 Å². The van der Waals surface area contributed by atoms with Gasteiger partial charge in [-0.25, -0.2) is 14.3 Å². The number of aromatic nitrogens is 3. The number of hydrogen-bond donors (Lipinski definition) is 3. The Morgan fingerprint density at radius 2 is 2.30 bits per heavy atom. The molecule has 1 aromatic rings. The smallest absolute Gasteiger partial charge is 0.358 e. The van der Waals surface area contributed by atoms with Crippen LogP contribution in [0.15, 0.2) is 6.20 Å². The van der Waals surface area contributed by atoms with E-state index in [1.54, 1.807) is 4.90 Å². The molecule has 0 aliphatic carbocycles. The van der Waals surface area contributed by atoms with Crippen molar-refractivity contribution in [2.45, 2.75) is 25.4 Å². The fourth-order valence-corrected chi connectivity index (χ4v) is 2.18. The molecule has 0 aromatic carbocycles. The summed E-state index contributed by atoms with van der Waals surface area (Å²) in [6.07, 6.45) is 3.01. The largest absolute Gasteiger partial charge is 0.476 e. The van der Waals surface area contributed by atoms with Gasteiger partial charge in [0.15, 0.2) is 5.69 Å². The molecule has 1 aromatic heterocycles. The topological polar surface area (TPSA) is 121 Å². The molecule has 1 atom stereocenters. The average Bonchev–Trinajstić information content (AvgIpc) is 3.07. The maximum atomic E-state index is 11.9. The van der Waals surface area contributed by atoms with Gasteiger partial charge >= 0.3 is 12.0 Å². The van der Waals surface area contributed by atoms with Crippen LogP contribution in [0.4, 0.5) is 4.79 Å². The zero-order valence-electron chi connectivity index (χ0n) is 10.9. The summed E-state index contributed by atoms with van der Waals surface area (Å²) in [4.78, 5) is 24.1. The van der Waals surface area contributed by atoms with E-state index in [-0.39, 0.29) is 24.4 Å². The number of carboxylic acid groups (broad SMARTS) is 1. The van der Waals surface area contributed by atoms with Crippen molar-refractivity contribution in [2.24, 2.45) is 0 Å². The predicted octanol–water partition coefficient (Wildman–Crippen LogP) is -0.857. The van der Waals surface area contributed by atoms with Crippen LogP contribution in [0.5, 0.6) is 0 Å². The number of amides is 2. The molecule has 2 heterocycles. The molecular formula is C11H17N5O4. The Balaban J connectivity index is 1.77. The lowest BCUT2D eigenvalue weighted by Gasteiger charge is -2.23. The first-order valence-corrected chi connectivity index (χ1v) is 6.40. The summed E-state index contributed by atoms with van der Waals surface area (Å²) < 4.78 is 1.36. The maximum absolute atomic E-state index is 11.9. The number of likely N-dealkylation sites (tertiary alicyclic amines) is 1. The molecule has 1 fully saturated rings. The fraction of sp³-hybridized carbons (Fsp3) is 0.636. The minimum absolute atomic E-state index is 0.0293. The third-order valence-electron chi connectivity index (χ3n) is 3.22. The number of aliphatic hydroxyl groups is 1. The number of carboxylic acids is 1. The van der Waals surface area contributed by atoms with E-state index in [0.29, 0.717) is 19.6 Å². The van der Waals surface area contributed by atoms with Crippen molar-refractivity contribution in [3.63, 3.8) is 0 Å². The number of hydrogen-bond acceptors (Lipinski definition) is 5.